The van der Waals surface area contributed by atoms with Gasteiger partial charge >= 0.3 is 0 Å². The van der Waals surface area contributed by atoms with Crippen molar-refractivity contribution in [2.24, 2.45) is 5.92 Å². The SMILES string of the molecule is O=c1c2cc(Cl)ccc2nc(Cl)n1CC1CCCNC1. The number of aromatic nitrogens is 2. The average Bonchev–Trinajstić information content (AvgIpc) is 2.46. The fraction of sp³-hybridized carbons (Fsp3) is 0.429. The molecule has 0 aliphatic carbocycles. The van der Waals surface area contributed by atoms with Crippen LogP contribution in [0, 0.1) is 5.92 Å². The summed E-state index contributed by atoms with van der Waals surface area (Å²) in [5.74, 6) is 0.414. The van der Waals surface area contributed by atoms with Gasteiger partial charge < -0.3 is 5.32 Å². The lowest BCUT2D eigenvalue weighted by Gasteiger charge is -2.23. The molecule has 1 saturated heterocycles. The average molecular weight is 312 g/mol. The molecule has 4 nitrogen and oxygen atoms in total. The molecule has 1 aliphatic rings. The number of halogens is 2. The largest absolute Gasteiger partial charge is 0.316 e. The van der Waals surface area contributed by atoms with Crippen LogP contribution in [-0.2, 0) is 6.54 Å². The van der Waals surface area contributed by atoms with Crippen LogP contribution in [0.5, 0.6) is 0 Å². The van der Waals surface area contributed by atoms with E-state index >= 15 is 0 Å². The van der Waals surface area contributed by atoms with Gasteiger partial charge in [-0.15, -0.1) is 0 Å². The summed E-state index contributed by atoms with van der Waals surface area (Å²) in [5.41, 5.74) is 0.468. The van der Waals surface area contributed by atoms with Crippen molar-refractivity contribution >= 4 is 34.1 Å². The van der Waals surface area contributed by atoms with Gasteiger partial charge in [-0.1, -0.05) is 11.6 Å². The molecule has 0 saturated carbocycles. The van der Waals surface area contributed by atoms with E-state index in [1.807, 2.05) is 0 Å². The highest BCUT2D eigenvalue weighted by Crippen LogP contribution is 2.19. The number of hydrogen-bond acceptors (Lipinski definition) is 3. The Morgan fingerprint density at radius 2 is 2.25 bits per heavy atom. The van der Waals surface area contributed by atoms with Gasteiger partial charge in [0.25, 0.3) is 5.56 Å². The van der Waals surface area contributed by atoms with E-state index in [4.69, 9.17) is 23.2 Å². The summed E-state index contributed by atoms with van der Waals surface area (Å²) in [5, 5.41) is 4.64. The molecule has 0 amide bonds. The molecule has 1 atom stereocenters. The molecule has 1 aliphatic heterocycles. The zero-order valence-electron chi connectivity index (χ0n) is 10.9. The van der Waals surface area contributed by atoms with Crippen LogP contribution >= 0.6 is 23.2 Å². The van der Waals surface area contributed by atoms with E-state index in [0.717, 1.165) is 25.9 Å². The number of nitrogens with zero attached hydrogens (tertiary/aromatic N) is 2. The van der Waals surface area contributed by atoms with Crippen molar-refractivity contribution in [1.29, 1.82) is 0 Å². The molecule has 1 N–H and O–H groups in total. The molecule has 1 aromatic carbocycles. The number of piperidine rings is 1. The molecular weight excluding hydrogens is 297 g/mol. The van der Waals surface area contributed by atoms with Crippen molar-refractivity contribution in [1.82, 2.24) is 14.9 Å². The monoisotopic (exact) mass is 311 g/mol. The van der Waals surface area contributed by atoms with Crippen LogP contribution in [0.15, 0.2) is 23.0 Å². The summed E-state index contributed by atoms with van der Waals surface area (Å²) in [6, 6.07) is 5.08. The summed E-state index contributed by atoms with van der Waals surface area (Å²) in [7, 11) is 0. The Balaban J connectivity index is 2.03. The topological polar surface area (TPSA) is 46.9 Å². The first kappa shape index (κ1) is 13.9. The van der Waals surface area contributed by atoms with Gasteiger partial charge in [-0.05, 0) is 61.6 Å². The molecule has 0 radical (unpaired) electrons. The Morgan fingerprint density at radius 3 is 3.00 bits per heavy atom. The van der Waals surface area contributed by atoms with Gasteiger partial charge in [0.05, 0.1) is 10.9 Å². The van der Waals surface area contributed by atoms with Crippen LogP contribution in [0.1, 0.15) is 12.8 Å². The quantitative estimate of drug-likeness (QED) is 0.867. The van der Waals surface area contributed by atoms with E-state index in [-0.39, 0.29) is 10.8 Å². The molecule has 20 heavy (non-hydrogen) atoms. The van der Waals surface area contributed by atoms with E-state index in [1.165, 1.54) is 0 Å². The molecule has 1 aromatic heterocycles. The van der Waals surface area contributed by atoms with Crippen molar-refractivity contribution in [2.75, 3.05) is 13.1 Å². The van der Waals surface area contributed by atoms with Gasteiger partial charge in [-0.25, -0.2) is 4.98 Å². The first-order valence-corrected chi connectivity index (χ1v) is 7.47. The third kappa shape index (κ3) is 2.68. The summed E-state index contributed by atoms with van der Waals surface area (Å²) >= 11 is 12.1. The Morgan fingerprint density at radius 1 is 1.40 bits per heavy atom. The van der Waals surface area contributed by atoms with E-state index in [1.54, 1.807) is 22.8 Å². The molecular formula is C14H15Cl2N3O. The van der Waals surface area contributed by atoms with Crippen molar-refractivity contribution in [3.05, 3.63) is 38.9 Å². The van der Waals surface area contributed by atoms with Gasteiger partial charge in [-0.3, -0.25) is 9.36 Å². The maximum absolute atomic E-state index is 12.5. The predicted octanol–water partition coefficient (Wildman–Crippen LogP) is 2.70. The van der Waals surface area contributed by atoms with Crippen LogP contribution in [-0.4, -0.2) is 22.6 Å². The second kappa shape index (κ2) is 5.72. The minimum atomic E-state index is -0.118. The summed E-state index contributed by atoms with van der Waals surface area (Å²) in [6.45, 7) is 2.56. The van der Waals surface area contributed by atoms with Crippen LogP contribution in [0.4, 0.5) is 0 Å². The normalized spacial score (nSPS) is 19.4. The van der Waals surface area contributed by atoms with E-state index in [0.29, 0.717) is 28.4 Å². The van der Waals surface area contributed by atoms with Crippen LogP contribution in [0.2, 0.25) is 10.3 Å². The highest BCUT2D eigenvalue weighted by atomic mass is 35.5. The number of fused-ring (bicyclic) bond motifs is 1. The zero-order valence-corrected chi connectivity index (χ0v) is 12.4. The lowest BCUT2D eigenvalue weighted by Crippen LogP contribution is -2.35. The molecule has 0 spiro atoms. The number of rotatable bonds is 2. The van der Waals surface area contributed by atoms with Gasteiger partial charge in [0.2, 0.25) is 5.28 Å². The molecule has 6 heteroatoms. The van der Waals surface area contributed by atoms with Gasteiger partial charge in [0, 0.05) is 11.6 Å². The highest BCUT2D eigenvalue weighted by molar-refractivity contribution is 6.31. The second-order valence-corrected chi connectivity index (χ2v) is 5.94. The summed E-state index contributed by atoms with van der Waals surface area (Å²) in [4.78, 5) is 16.8. The third-order valence-corrected chi connectivity index (χ3v) is 4.23. The lowest BCUT2D eigenvalue weighted by molar-refractivity contribution is 0.333. The van der Waals surface area contributed by atoms with E-state index in [2.05, 4.69) is 10.3 Å². The number of nitrogens with one attached hydrogen (secondary N) is 1. The second-order valence-electron chi connectivity index (χ2n) is 5.17. The lowest BCUT2D eigenvalue weighted by atomic mass is 10.00. The first-order valence-electron chi connectivity index (χ1n) is 6.71. The standard InChI is InChI=1S/C14H15Cl2N3O/c15-10-3-4-12-11(6-10)13(20)19(14(16)18-12)8-9-2-1-5-17-7-9/h3-4,6,9,17H,1-2,5,7-8H2. The Kier molecular flexibility index (Phi) is 3.96. The molecule has 106 valence electrons. The maximum atomic E-state index is 12.5. The molecule has 1 fully saturated rings. The highest BCUT2D eigenvalue weighted by Gasteiger charge is 2.17. The predicted molar refractivity (Wildman–Crippen MR) is 81.6 cm³/mol. The van der Waals surface area contributed by atoms with E-state index in [9.17, 15) is 4.79 Å². The third-order valence-electron chi connectivity index (χ3n) is 3.71. The number of benzene rings is 1. The van der Waals surface area contributed by atoms with Crippen molar-refractivity contribution in [3.8, 4) is 0 Å². The maximum Gasteiger partial charge on any atom is 0.262 e. The molecule has 2 aromatic rings. The van der Waals surface area contributed by atoms with Crippen molar-refractivity contribution in [2.45, 2.75) is 19.4 Å². The Hall–Kier alpha value is -1.10. The zero-order chi connectivity index (χ0) is 14.1. The van der Waals surface area contributed by atoms with Gasteiger partial charge in [0.1, 0.15) is 0 Å². The minimum Gasteiger partial charge on any atom is -0.316 e. The molecule has 2 heterocycles. The van der Waals surface area contributed by atoms with Gasteiger partial charge in [-0.2, -0.15) is 0 Å². The number of hydrogen-bond donors (Lipinski definition) is 1. The summed E-state index contributed by atoms with van der Waals surface area (Å²) < 4.78 is 1.55. The first-order chi connectivity index (χ1) is 9.65. The van der Waals surface area contributed by atoms with Crippen LogP contribution < -0.4 is 10.9 Å². The fourth-order valence-corrected chi connectivity index (χ4v) is 3.07. The van der Waals surface area contributed by atoms with Crippen molar-refractivity contribution < 1.29 is 0 Å². The van der Waals surface area contributed by atoms with Crippen LogP contribution in [0.25, 0.3) is 10.9 Å². The fourth-order valence-electron chi connectivity index (χ4n) is 2.66. The minimum absolute atomic E-state index is 0.118. The molecule has 1 unspecified atom stereocenters. The van der Waals surface area contributed by atoms with E-state index < -0.39 is 0 Å². The Bertz CT molecular complexity index is 693. The van der Waals surface area contributed by atoms with Crippen LogP contribution in [0.3, 0.4) is 0 Å². The van der Waals surface area contributed by atoms with Crippen molar-refractivity contribution in [3.63, 3.8) is 0 Å². The van der Waals surface area contributed by atoms with Gasteiger partial charge in [0.15, 0.2) is 0 Å². The smallest absolute Gasteiger partial charge is 0.262 e. The molecule has 0 bridgehead atoms. The summed E-state index contributed by atoms with van der Waals surface area (Å²) in [6.07, 6.45) is 2.23. The Labute approximate surface area is 126 Å². The molecule has 3 rings (SSSR count).